The van der Waals surface area contributed by atoms with E-state index in [2.05, 4.69) is 31.3 Å². The molecule has 0 atom stereocenters. The zero-order valence-corrected chi connectivity index (χ0v) is 23.4. The van der Waals surface area contributed by atoms with Gasteiger partial charge in [-0.25, -0.2) is 4.98 Å². The van der Waals surface area contributed by atoms with Crippen LogP contribution >= 0.6 is 39.1 Å². The second-order valence-corrected chi connectivity index (χ2v) is 10.3. The van der Waals surface area contributed by atoms with Crippen molar-refractivity contribution in [2.45, 2.75) is 26.7 Å². The standard InChI is InChI=1S/C27H23BrCl2N4O3/c1-15(2)26-33-23-9-8-18(28)12-19(23)27(36)34(26)31-13-17-10-20(29)25(21(30)11-17)37-14-24(35)32-22-7-5-4-6-16(22)3/h4-13,15H,14H2,1-3H3,(H,32,35). The minimum Gasteiger partial charge on any atom is -0.481 e. The van der Waals surface area contributed by atoms with Crippen molar-refractivity contribution in [3.8, 4) is 5.75 Å². The van der Waals surface area contributed by atoms with Gasteiger partial charge in [0, 0.05) is 16.1 Å². The molecule has 1 heterocycles. The van der Waals surface area contributed by atoms with E-state index in [1.807, 2.05) is 45.0 Å². The summed E-state index contributed by atoms with van der Waals surface area (Å²) in [4.78, 5) is 30.2. The summed E-state index contributed by atoms with van der Waals surface area (Å²) >= 11 is 16.2. The molecular formula is C27H23BrCl2N4O3. The number of anilines is 1. The first kappa shape index (κ1) is 26.9. The van der Waals surface area contributed by atoms with Crippen molar-refractivity contribution in [1.82, 2.24) is 9.66 Å². The smallest absolute Gasteiger partial charge is 0.282 e. The molecule has 1 amide bonds. The van der Waals surface area contributed by atoms with E-state index in [9.17, 15) is 9.59 Å². The number of carbonyl (C=O) groups is 1. The van der Waals surface area contributed by atoms with Crippen LogP contribution in [0.25, 0.3) is 10.9 Å². The van der Waals surface area contributed by atoms with Gasteiger partial charge in [-0.2, -0.15) is 9.78 Å². The summed E-state index contributed by atoms with van der Waals surface area (Å²) in [7, 11) is 0. The predicted octanol–water partition coefficient (Wildman–Crippen LogP) is 6.80. The fraction of sp³-hybridized carbons (Fsp3) is 0.185. The van der Waals surface area contributed by atoms with Crippen molar-refractivity contribution in [2.24, 2.45) is 5.10 Å². The van der Waals surface area contributed by atoms with Crippen molar-refractivity contribution in [2.75, 3.05) is 11.9 Å². The van der Waals surface area contributed by atoms with Gasteiger partial charge in [0.2, 0.25) is 0 Å². The molecule has 10 heteroatoms. The van der Waals surface area contributed by atoms with Crippen molar-refractivity contribution in [3.63, 3.8) is 0 Å². The maximum Gasteiger partial charge on any atom is 0.282 e. The third-order valence-corrected chi connectivity index (χ3v) is 6.51. The maximum absolute atomic E-state index is 13.2. The van der Waals surface area contributed by atoms with Crippen LogP contribution in [-0.2, 0) is 4.79 Å². The quantitative estimate of drug-likeness (QED) is 0.236. The van der Waals surface area contributed by atoms with E-state index < -0.39 is 0 Å². The Morgan fingerprint density at radius 3 is 2.54 bits per heavy atom. The summed E-state index contributed by atoms with van der Waals surface area (Å²) in [6.45, 7) is 5.50. The van der Waals surface area contributed by atoms with E-state index in [1.54, 1.807) is 30.3 Å². The molecule has 37 heavy (non-hydrogen) atoms. The average Bonchev–Trinajstić information content (AvgIpc) is 2.84. The summed E-state index contributed by atoms with van der Waals surface area (Å²) in [6, 6.07) is 16.0. The zero-order valence-electron chi connectivity index (χ0n) is 20.3. The van der Waals surface area contributed by atoms with E-state index in [1.165, 1.54) is 10.9 Å². The third-order valence-electron chi connectivity index (χ3n) is 5.46. The average molecular weight is 602 g/mol. The van der Waals surface area contributed by atoms with Crippen LogP contribution in [0.15, 0.2) is 69.0 Å². The van der Waals surface area contributed by atoms with E-state index in [-0.39, 0.29) is 39.8 Å². The van der Waals surface area contributed by atoms with Crippen LogP contribution in [0.2, 0.25) is 10.0 Å². The first-order valence-electron chi connectivity index (χ1n) is 11.4. The van der Waals surface area contributed by atoms with Crippen LogP contribution in [0, 0.1) is 6.92 Å². The molecule has 0 radical (unpaired) electrons. The molecule has 0 aliphatic carbocycles. The molecule has 4 aromatic rings. The number of rotatable bonds is 7. The molecule has 0 unspecified atom stereocenters. The van der Waals surface area contributed by atoms with Crippen LogP contribution in [-0.4, -0.2) is 28.4 Å². The summed E-state index contributed by atoms with van der Waals surface area (Å²) < 4.78 is 7.65. The highest BCUT2D eigenvalue weighted by atomic mass is 79.9. The largest absolute Gasteiger partial charge is 0.481 e. The second-order valence-electron chi connectivity index (χ2n) is 8.61. The van der Waals surface area contributed by atoms with Crippen molar-refractivity contribution in [3.05, 3.63) is 96.4 Å². The first-order chi connectivity index (χ1) is 17.6. The van der Waals surface area contributed by atoms with Gasteiger partial charge in [-0.05, 0) is 54.4 Å². The predicted molar refractivity (Wildman–Crippen MR) is 153 cm³/mol. The van der Waals surface area contributed by atoms with Gasteiger partial charge in [-0.3, -0.25) is 9.59 Å². The minimum absolute atomic E-state index is 0.0494. The number of carbonyl (C=O) groups excluding carboxylic acids is 1. The van der Waals surface area contributed by atoms with Gasteiger partial charge in [-0.15, -0.1) is 0 Å². The Bertz CT molecular complexity index is 1560. The van der Waals surface area contributed by atoms with Gasteiger partial charge < -0.3 is 10.1 Å². The Kier molecular flexibility index (Phi) is 8.32. The van der Waals surface area contributed by atoms with Crippen molar-refractivity contribution in [1.29, 1.82) is 0 Å². The molecule has 0 fully saturated rings. The van der Waals surface area contributed by atoms with Gasteiger partial charge in [0.1, 0.15) is 5.82 Å². The number of aromatic nitrogens is 2. The highest BCUT2D eigenvalue weighted by Crippen LogP contribution is 2.34. The van der Waals surface area contributed by atoms with Crippen LogP contribution in [0.5, 0.6) is 5.75 Å². The zero-order chi connectivity index (χ0) is 26.7. The molecule has 1 N–H and O–H groups in total. The van der Waals surface area contributed by atoms with E-state index in [0.717, 1.165) is 10.0 Å². The van der Waals surface area contributed by atoms with Crippen LogP contribution in [0.3, 0.4) is 0 Å². The summed E-state index contributed by atoms with van der Waals surface area (Å²) in [5.41, 5.74) is 2.49. The molecule has 4 rings (SSSR count). The van der Waals surface area contributed by atoms with Crippen LogP contribution in [0.1, 0.15) is 36.7 Å². The molecule has 3 aromatic carbocycles. The van der Waals surface area contributed by atoms with E-state index >= 15 is 0 Å². The van der Waals surface area contributed by atoms with Gasteiger partial charge in [0.25, 0.3) is 11.5 Å². The number of hydrogen-bond acceptors (Lipinski definition) is 5. The Labute approximate surface area is 232 Å². The number of benzene rings is 3. The maximum atomic E-state index is 13.2. The number of halogens is 3. The minimum atomic E-state index is -0.344. The van der Waals surface area contributed by atoms with Gasteiger partial charge in [0.05, 0.1) is 27.2 Å². The molecule has 7 nitrogen and oxygen atoms in total. The molecule has 190 valence electrons. The topological polar surface area (TPSA) is 85.6 Å². The normalized spacial score (nSPS) is 11.4. The first-order valence-corrected chi connectivity index (χ1v) is 12.9. The Hall–Kier alpha value is -3.20. The molecule has 0 saturated carbocycles. The fourth-order valence-corrected chi connectivity index (χ4v) is 4.58. The molecule has 0 aliphatic heterocycles. The lowest BCUT2D eigenvalue weighted by Crippen LogP contribution is -2.23. The summed E-state index contributed by atoms with van der Waals surface area (Å²) in [5.74, 6) is 0.306. The molecule has 0 spiro atoms. The molecule has 0 saturated heterocycles. The number of nitrogens with one attached hydrogen (secondary N) is 1. The number of aryl methyl sites for hydroxylation is 1. The highest BCUT2D eigenvalue weighted by Gasteiger charge is 2.15. The monoisotopic (exact) mass is 600 g/mol. The second kappa shape index (κ2) is 11.5. The Balaban J connectivity index is 1.56. The molecular weight excluding hydrogens is 579 g/mol. The molecule has 0 aliphatic rings. The lowest BCUT2D eigenvalue weighted by atomic mass is 10.2. The number of amides is 1. The molecule has 0 bridgehead atoms. The third kappa shape index (κ3) is 6.21. The highest BCUT2D eigenvalue weighted by molar-refractivity contribution is 9.10. The SMILES string of the molecule is Cc1ccccc1NC(=O)COc1c(Cl)cc(C=Nn2c(C(C)C)nc3ccc(Br)cc3c2=O)cc1Cl. The Morgan fingerprint density at radius 1 is 1.16 bits per heavy atom. The summed E-state index contributed by atoms with van der Waals surface area (Å²) in [5, 5.41) is 8.04. The molecule has 1 aromatic heterocycles. The number of fused-ring (bicyclic) bond motifs is 1. The van der Waals surface area contributed by atoms with Crippen LogP contribution < -0.4 is 15.6 Å². The fourth-order valence-electron chi connectivity index (χ4n) is 3.60. The van der Waals surface area contributed by atoms with Gasteiger partial charge in [0.15, 0.2) is 12.4 Å². The van der Waals surface area contributed by atoms with Crippen molar-refractivity contribution >= 4 is 67.8 Å². The van der Waals surface area contributed by atoms with E-state index in [0.29, 0.717) is 28.0 Å². The number of hydrogen-bond donors (Lipinski definition) is 1. The van der Waals surface area contributed by atoms with Crippen molar-refractivity contribution < 1.29 is 9.53 Å². The van der Waals surface area contributed by atoms with Gasteiger partial charge >= 0.3 is 0 Å². The van der Waals surface area contributed by atoms with Gasteiger partial charge in [-0.1, -0.05) is 71.2 Å². The lowest BCUT2D eigenvalue weighted by Gasteiger charge is -2.13. The number of para-hydroxylation sites is 1. The summed E-state index contributed by atoms with van der Waals surface area (Å²) in [6.07, 6.45) is 1.48. The number of nitrogens with zero attached hydrogens (tertiary/aromatic N) is 3. The number of ether oxygens (including phenoxy) is 1. The lowest BCUT2D eigenvalue weighted by molar-refractivity contribution is -0.118. The Morgan fingerprint density at radius 2 is 1.86 bits per heavy atom. The van der Waals surface area contributed by atoms with Crippen LogP contribution in [0.4, 0.5) is 5.69 Å². The van der Waals surface area contributed by atoms with E-state index in [4.69, 9.17) is 27.9 Å².